The zero-order chi connectivity index (χ0) is 14.4. The molecule has 0 aromatic heterocycles. The minimum absolute atomic E-state index is 0.681. The summed E-state index contributed by atoms with van der Waals surface area (Å²) >= 11 is 0. The molecule has 112 valence electrons. The van der Waals surface area contributed by atoms with Crippen molar-refractivity contribution in [2.45, 2.75) is 59.3 Å². The average Bonchev–Trinajstić information content (AvgIpc) is 2.48. The van der Waals surface area contributed by atoms with Crippen molar-refractivity contribution in [2.24, 2.45) is 17.8 Å². The first-order valence-electron chi connectivity index (χ1n) is 8.34. The molecule has 1 heterocycles. The molecule has 0 saturated heterocycles. The molecule has 1 heteroatoms. The predicted octanol–water partition coefficient (Wildman–Crippen LogP) is 5.65. The van der Waals surface area contributed by atoms with E-state index in [9.17, 15) is 0 Å². The van der Waals surface area contributed by atoms with Gasteiger partial charge in [0.25, 0.3) is 0 Å². The third-order valence-electron chi connectivity index (χ3n) is 4.70. The molecule has 1 aliphatic heterocycles. The number of hydrogen-bond donors (Lipinski definition) is 0. The minimum atomic E-state index is 0.681. The van der Waals surface area contributed by atoms with Crippen LogP contribution in [0.4, 0.5) is 0 Å². The van der Waals surface area contributed by atoms with E-state index in [4.69, 9.17) is 4.74 Å². The summed E-state index contributed by atoms with van der Waals surface area (Å²) in [7, 11) is 0. The van der Waals surface area contributed by atoms with Crippen LogP contribution in [0.1, 0.15) is 59.3 Å². The van der Waals surface area contributed by atoms with Gasteiger partial charge in [0.1, 0.15) is 0 Å². The Bertz CT molecular complexity index is 389. The highest BCUT2D eigenvalue weighted by Crippen LogP contribution is 2.29. The van der Waals surface area contributed by atoms with Gasteiger partial charge in [-0.05, 0) is 61.0 Å². The van der Waals surface area contributed by atoms with Crippen molar-refractivity contribution < 1.29 is 4.74 Å². The Morgan fingerprint density at radius 2 is 2.00 bits per heavy atom. The molecule has 0 spiro atoms. The molecule has 3 atom stereocenters. The molecule has 2 aliphatic rings. The van der Waals surface area contributed by atoms with Gasteiger partial charge in [-0.1, -0.05) is 45.4 Å². The molecule has 2 rings (SSSR count). The Labute approximate surface area is 124 Å². The second-order valence-electron chi connectivity index (χ2n) is 6.75. The summed E-state index contributed by atoms with van der Waals surface area (Å²) in [5.41, 5.74) is 3.07. The molecule has 0 radical (unpaired) electrons. The Morgan fingerprint density at radius 3 is 2.70 bits per heavy atom. The van der Waals surface area contributed by atoms with Crippen LogP contribution in [-0.2, 0) is 4.74 Å². The highest BCUT2D eigenvalue weighted by molar-refractivity contribution is 5.24. The molecule has 0 aromatic rings. The van der Waals surface area contributed by atoms with E-state index in [1.807, 2.05) is 6.26 Å². The van der Waals surface area contributed by atoms with E-state index < -0.39 is 0 Å². The van der Waals surface area contributed by atoms with Crippen molar-refractivity contribution >= 4 is 0 Å². The summed E-state index contributed by atoms with van der Waals surface area (Å²) < 4.78 is 5.56. The normalized spacial score (nSPS) is 25.4. The molecular formula is C19H30O. The van der Waals surface area contributed by atoms with E-state index in [1.54, 1.807) is 5.57 Å². The van der Waals surface area contributed by atoms with E-state index in [-0.39, 0.29) is 0 Å². The second kappa shape index (κ2) is 7.71. The van der Waals surface area contributed by atoms with Crippen LogP contribution in [-0.4, -0.2) is 6.61 Å². The maximum Gasteiger partial charge on any atom is 0.0901 e. The Kier molecular flexibility index (Phi) is 5.94. The zero-order valence-electron chi connectivity index (χ0n) is 13.4. The molecule has 0 fully saturated rings. The minimum Gasteiger partial charge on any atom is -0.501 e. The number of rotatable bonds is 6. The van der Waals surface area contributed by atoms with Crippen molar-refractivity contribution in [1.82, 2.24) is 0 Å². The van der Waals surface area contributed by atoms with Crippen LogP contribution < -0.4 is 0 Å². The lowest BCUT2D eigenvalue weighted by molar-refractivity contribution is 0.173. The monoisotopic (exact) mass is 274 g/mol. The smallest absolute Gasteiger partial charge is 0.0901 e. The molecule has 1 aliphatic carbocycles. The van der Waals surface area contributed by atoms with Crippen LogP contribution in [0.25, 0.3) is 0 Å². The fraction of sp³-hybridized carbons (Fsp3) is 0.684. The summed E-state index contributed by atoms with van der Waals surface area (Å²) in [6, 6.07) is 0. The fourth-order valence-electron chi connectivity index (χ4n) is 3.23. The van der Waals surface area contributed by atoms with E-state index in [2.05, 4.69) is 39.0 Å². The molecule has 1 nitrogen and oxygen atoms in total. The van der Waals surface area contributed by atoms with E-state index >= 15 is 0 Å². The van der Waals surface area contributed by atoms with Crippen molar-refractivity contribution in [3.05, 3.63) is 35.6 Å². The number of hydrogen-bond acceptors (Lipinski definition) is 1. The molecule has 0 aromatic carbocycles. The number of allylic oxidation sites excluding steroid dienone is 5. The fourth-order valence-corrected chi connectivity index (χ4v) is 3.23. The standard InChI is InChI=1S/C19H30O/c1-15-12-19(14-20-13-15)17(3)9-7-8-16(2)18-10-5-4-6-11-18/h5,10-11,14-17H,4,6-9,12-13H2,1-3H3. The number of ether oxygens (including phenoxy) is 1. The third-order valence-corrected chi connectivity index (χ3v) is 4.70. The van der Waals surface area contributed by atoms with E-state index in [0.29, 0.717) is 17.8 Å². The molecule has 0 N–H and O–H groups in total. The summed E-state index contributed by atoms with van der Waals surface area (Å²) in [5.74, 6) is 2.09. The van der Waals surface area contributed by atoms with Gasteiger partial charge >= 0.3 is 0 Å². The van der Waals surface area contributed by atoms with Crippen molar-refractivity contribution in [3.8, 4) is 0 Å². The van der Waals surface area contributed by atoms with Crippen LogP contribution >= 0.6 is 0 Å². The molecule has 0 bridgehead atoms. The van der Waals surface area contributed by atoms with Gasteiger partial charge in [-0.15, -0.1) is 0 Å². The van der Waals surface area contributed by atoms with Gasteiger partial charge in [0.2, 0.25) is 0 Å². The predicted molar refractivity (Wildman–Crippen MR) is 86.5 cm³/mol. The average molecular weight is 274 g/mol. The lowest BCUT2D eigenvalue weighted by atomic mass is 9.86. The summed E-state index contributed by atoms with van der Waals surface area (Å²) in [5, 5.41) is 0. The van der Waals surface area contributed by atoms with Gasteiger partial charge in [-0.25, -0.2) is 0 Å². The molecule has 20 heavy (non-hydrogen) atoms. The first-order chi connectivity index (χ1) is 9.66. The Balaban J connectivity index is 1.71. The summed E-state index contributed by atoms with van der Waals surface area (Å²) in [6.07, 6.45) is 16.7. The first-order valence-corrected chi connectivity index (χ1v) is 8.34. The highest BCUT2D eigenvalue weighted by Gasteiger charge is 2.17. The van der Waals surface area contributed by atoms with E-state index in [1.165, 1.54) is 44.1 Å². The maximum atomic E-state index is 5.56. The van der Waals surface area contributed by atoms with Gasteiger partial charge in [-0.2, -0.15) is 0 Å². The highest BCUT2D eigenvalue weighted by atomic mass is 16.5. The van der Waals surface area contributed by atoms with Crippen molar-refractivity contribution in [3.63, 3.8) is 0 Å². The maximum absolute atomic E-state index is 5.56. The van der Waals surface area contributed by atoms with Crippen LogP contribution in [0, 0.1) is 17.8 Å². The molecule has 0 amide bonds. The van der Waals surface area contributed by atoms with Crippen LogP contribution in [0.15, 0.2) is 35.6 Å². The summed E-state index contributed by atoms with van der Waals surface area (Å²) in [6.45, 7) is 7.91. The van der Waals surface area contributed by atoms with Gasteiger partial charge in [0.05, 0.1) is 12.9 Å². The Morgan fingerprint density at radius 1 is 1.20 bits per heavy atom. The zero-order valence-corrected chi connectivity index (χ0v) is 13.4. The third kappa shape index (κ3) is 4.54. The largest absolute Gasteiger partial charge is 0.501 e. The van der Waals surface area contributed by atoms with Crippen LogP contribution in [0.2, 0.25) is 0 Å². The lowest BCUT2D eigenvalue weighted by Gasteiger charge is -2.24. The summed E-state index contributed by atoms with van der Waals surface area (Å²) in [4.78, 5) is 0. The molecule has 3 unspecified atom stereocenters. The van der Waals surface area contributed by atoms with Gasteiger partial charge in [0.15, 0.2) is 0 Å². The van der Waals surface area contributed by atoms with Gasteiger partial charge in [-0.3, -0.25) is 0 Å². The molecule has 0 saturated carbocycles. The van der Waals surface area contributed by atoms with Crippen molar-refractivity contribution in [2.75, 3.05) is 6.61 Å². The first kappa shape index (κ1) is 15.4. The lowest BCUT2D eigenvalue weighted by Crippen LogP contribution is -2.14. The SMILES string of the molecule is CC1COC=C(C(C)CCCC(C)C2=CCCC=C2)C1. The second-order valence-corrected chi connectivity index (χ2v) is 6.75. The topological polar surface area (TPSA) is 9.23 Å². The molecular weight excluding hydrogens is 244 g/mol. The quantitative estimate of drug-likeness (QED) is 0.608. The van der Waals surface area contributed by atoms with Gasteiger partial charge in [0, 0.05) is 0 Å². The Hall–Kier alpha value is -0.980. The van der Waals surface area contributed by atoms with Crippen LogP contribution in [0.5, 0.6) is 0 Å². The van der Waals surface area contributed by atoms with Crippen molar-refractivity contribution in [1.29, 1.82) is 0 Å². The van der Waals surface area contributed by atoms with Crippen LogP contribution in [0.3, 0.4) is 0 Å². The van der Waals surface area contributed by atoms with Gasteiger partial charge < -0.3 is 4.74 Å². The van der Waals surface area contributed by atoms with E-state index in [0.717, 1.165) is 6.61 Å².